The Morgan fingerprint density at radius 1 is 1.36 bits per heavy atom. The first-order chi connectivity index (χ1) is 10.5. The first-order valence-electron chi connectivity index (χ1n) is 6.45. The molecule has 0 aliphatic heterocycles. The minimum absolute atomic E-state index is 0.209. The number of halogens is 2. The largest absolute Gasteiger partial charge is 0.494 e. The number of aryl methyl sites for hydroxylation is 1. The molecule has 0 unspecified atom stereocenters. The van der Waals surface area contributed by atoms with Crippen LogP contribution in [-0.2, 0) is 6.42 Å². The number of ether oxygens (including phenoxy) is 1. The number of nitrogens with zero attached hydrogens (tertiary/aromatic N) is 2. The van der Waals surface area contributed by atoms with Gasteiger partial charge in [-0.2, -0.15) is 5.10 Å². The summed E-state index contributed by atoms with van der Waals surface area (Å²) >= 11 is 6.85. The molecule has 2 rings (SSSR count). The van der Waals surface area contributed by atoms with E-state index in [-0.39, 0.29) is 5.56 Å². The fourth-order valence-electron chi connectivity index (χ4n) is 1.76. The van der Waals surface area contributed by atoms with Gasteiger partial charge in [0.25, 0.3) is 5.56 Å². The normalized spacial score (nSPS) is 10.9. The Bertz CT molecular complexity index is 736. The lowest BCUT2D eigenvalue weighted by Gasteiger charge is -2.07. The van der Waals surface area contributed by atoms with Crippen LogP contribution in [0, 0.1) is 0 Å². The van der Waals surface area contributed by atoms with E-state index in [0.717, 1.165) is 14.5 Å². The van der Waals surface area contributed by atoms with Crippen molar-refractivity contribution in [3.63, 3.8) is 0 Å². The van der Waals surface area contributed by atoms with Crippen molar-refractivity contribution in [2.45, 2.75) is 13.3 Å². The number of nitrogens with one attached hydrogen (secondary N) is 2. The smallest absolute Gasteiger partial charge is 0.252 e. The van der Waals surface area contributed by atoms with Crippen LogP contribution in [-0.4, -0.2) is 23.3 Å². The molecule has 0 radical (unpaired) electrons. The Kier molecular flexibility index (Phi) is 5.73. The molecule has 0 bridgehead atoms. The Hall–Kier alpha value is -1.67. The van der Waals surface area contributed by atoms with Gasteiger partial charge in [0.15, 0.2) is 0 Å². The van der Waals surface area contributed by atoms with Crippen LogP contribution in [0.25, 0.3) is 0 Å². The molecule has 0 aliphatic rings. The zero-order valence-electron chi connectivity index (χ0n) is 12.0. The first-order valence-corrected chi connectivity index (χ1v) is 8.04. The molecule has 0 spiro atoms. The van der Waals surface area contributed by atoms with Gasteiger partial charge in [0.2, 0.25) is 5.95 Å². The van der Waals surface area contributed by atoms with Crippen molar-refractivity contribution in [3.05, 3.63) is 48.8 Å². The van der Waals surface area contributed by atoms with Crippen molar-refractivity contribution < 1.29 is 4.74 Å². The summed E-state index contributed by atoms with van der Waals surface area (Å²) in [4.78, 5) is 18.3. The van der Waals surface area contributed by atoms with E-state index in [1.165, 1.54) is 6.07 Å². The predicted octanol–water partition coefficient (Wildman–Crippen LogP) is 3.31. The molecule has 1 aromatic heterocycles. The van der Waals surface area contributed by atoms with Gasteiger partial charge in [-0.1, -0.05) is 6.92 Å². The number of hydrogen-bond donors (Lipinski definition) is 2. The molecule has 0 saturated carbocycles. The summed E-state index contributed by atoms with van der Waals surface area (Å²) in [7, 11) is 1.60. The van der Waals surface area contributed by atoms with Gasteiger partial charge in [-0.05, 0) is 56.0 Å². The number of benzene rings is 1. The van der Waals surface area contributed by atoms with Crippen molar-refractivity contribution in [1.29, 1.82) is 0 Å². The van der Waals surface area contributed by atoms with Crippen molar-refractivity contribution in [1.82, 2.24) is 9.97 Å². The number of rotatable bonds is 5. The van der Waals surface area contributed by atoms with Crippen LogP contribution < -0.4 is 15.7 Å². The maximum Gasteiger partial charge on any atom is 0.252 e. The van der Waals surface area contributed by atoms with E-state index in [2.05, 4.69) is 52.4 Å². The minimum Gasteiger partial charge on any atom is -0.494 e. The number of hydrazone groups is 1. The standard InChI is InChI=1S/C14H14Br2N4O2/c1-3-9-6-12(21)19-14(18-9)20-17-7-8-4-10(15)13(22-2)11(16)5-8/h4-7H,3H2,1-2H3,(H2,18,19,20,21)/b17-7-. The minimum atomic E-state index is -0.209. The summed E-state index contributed by atoms with van der Waals surface area (Å²) in [6.07, 6.45) is 2.30. The van der Waals surface area contributed by atoms with Crippen LogP contribution in [0.2, 0.25) is 0 Å². The lowest BCUT2D eigenvalue weighted by atomic mass is 10.2. The lowest BCUT2D eigenvalue weighted by molar-refractivity contribution is 0.409. The molecule has 116 valence electrons. The van der Waals surface area contributed by atoms with E-state index >= 15 is 0 Å². The highest BCUT2D eigenvalue weighted by Gasteiger charge is 2.06. The zero-order chi connectivity index (χ0) is 16.1. The van der Waals surface area contributed by atoms with Gasteiger partial charge in [0.05, 0.1) is 22.3 Å². The van der Waals surface area contributed by atoms with Crippen LogP contribution in [0.1, 0.15) is 18.2 Å². The van der Waals surface area contributed by atoms with Crippen LogP contribution in [0.4, 0.5) is 5.95 Å². The number of H-pyrrole nitrogens is 1. The molecule has 8 heteroatoms. The van der Waals surface area contributed by atoms with Crippen LogP contribution >= 0.6 is 31.9 Å². The van der Waals surface area contributed by atoms with Crippen molar-refractivity contribution in [2.24, 2.45) is 5.10 Å². The summed E-state index contributed by atoms with van der Waals surface area (Å²) in [6, 6.07) is 5.20. The van der Waals surface area contributed by atoms with Crippen molar-refractivity contribution in [2.75, 3.05) is 12.5 Å². The first kappa shape index (κ1) is 16.7. The van der Waals surface area contributed by atoms with E-state index < -0.39 is 0 Å². The summed E-state index contributed by atoms with van der Waals surface area (Å²) in [5, 5.41) is 4.08. The van der Waals surface area contributed by atoms with E-state index in [0.29, 0.717) is 23.8 Å². The fourth-order valence-corrected chi connectivity index (χ4v) is 3.30. The Morgan fingerprint density at radius 2 is 2.05 bits per heavy atom. The van der Waals surface area contributed by atoms with E-state index in [9.17, 15) is 4.79 Å². The SMILES string of the molecule is CCc1cc(=O)[nH]c(N/N=C\c2cc(Br)c(OC)c(Br)c2)n1. The van der Waals surface area contributed by atoms with Crippen molar-refractivity contribution >= 4 is 44.0 Å². The second-order valence-electron chi connectivity index (χ2n) is 4.33. The molecule has 0 saturated heterocycles. The third kappa shape index (κ3) is 4.17. The molecule has 2 N–H and O–H groups in total. The van der Waals surface area contributed by atoms with Crippen LogP contribution in [0.3, 0.4) is 0 Å². The molecule has 2 aromatic rings. The number of hydrogen-bond acceptors (Lipinski definition) is 5. The van der Waals surface area contributed by atoms with Gasteiger partial charge in [0.1, 0.15) is 5.75 Å². The molecule has 22 heavy (non-hydrogen) atoms. The van der Waals surface area contributed by atoms with Crippen LogP contribution in [0.15, 0.2) is 37.0 Å². The molecule has 0 fully saturated rings. The molecule has 0 atom stereocenters. The molecule has 1 aromatic carbocycles. The molecule has 0 amide bonds. The molecular weight excluding hydrogens is 416 g/mol. The van der Waals surface area contributed by atoms with Gasteiger partial charge < -0.3 is 4.74 Å². The Morgan fingerprint density at radius 3 is 2.64 bits per heavy atom. The molecule has 6 nitrogen and oxygen atoms in total. The highest BCUT2D eigenvalue weighted by Crippen LogP contribution is 2.33. The summed E-state index contributed by atoms with van der Waals surface area (Å²) in [6.45, 7) is 1.93. The molecule has 1 heterocycles. The topological polar surface area (TPSA) is 79.4 Å². The quantitative estimate of drug-likeness (QED) is 0.564. The summed E-state index contributed by atoms with van der Waals surface area (Å²) in [5.41, 5.74) is 4.06. The van der Waals surface area contributed by atoms with Crippen LogP contribution in [0.5, 0.6) is 5.75 Å². The third-order valence-electron chi connectivity index (χ3n) is 2.77. The van der Waals surface area contributed by atoms with Gasteiger partial charge in [-0.15, -0.1) is 0 Å². The maximum absolute atomic E-state index is 11.4. The second-order valence-corrected chi connectivity index (χ2v) is 6.04. The van der Waals surface area contributed by atoms with Gasteiger partial charge in [-0.3, -0.25) is 9.78 Å². The second kappa shape index (κ2) is 7.55. The van der Waals surface area contributed by atoms with E-state index in [1.807, 2.05) is 19.1 Å². The van der Waals surface area contributed by atoms with E-state index in [4.69, 9.17) is 4.74 Å². The summed E-state index contributed by atoms with van der Waals surface area (Å²) < 4.78 is 6.86. The Balaban J connectivity index is 2.16. The average molecular weight is 430 g/mol. The van der Waals surface area contributed by atoms with E-state index in [1.54, 1.807) is 13.3 Å². The highest BCUT2D eigenvalue weighted by molar-refractivity contribution is 9.11. The predicted molar refractivity (Wildman–Crippen MR) is 93.8 cm³/mol. The molecule has 0 aliphatic carbocycles. The fraction of sp³-hybridized carbons (Fsp3) is 0.214. The van der Waals surface area contributed by atoms with Crippen molar-refractivity contribution in [3.8, 4) is 5.75 Å². The lowest BCUT2D eigenvalue weighted by Crippen LogP contribution is -2.11. The highest BCUT2D eigenvalue weighted by atomic mass is 79.9. The zero-order valence-corrected chi connectivity index (χ0v) is 15.2. The Labute approximate surface area is 144 Å². The maximum atomic E-state index is 11.4. The average Bonchev–Trinajstić information content (AvgIpc) is 2.46. The van der Waals surface area contributed by atoms with Gasteiger partial charge in [-0.25, -0.2) is 10.4 Å². The molecular formula is C14H14Br2N4O2. The number of aromatic amines is 1. The monoisotopic (exact) mass is 428 g/mol. The number of anilines is 1. The number of methoxy groups -OCH3 is 1. The van der Waals surface area contributed by atoms with Gasteiger partial charge >= 0.3 is 0 Å². The third-order valence-corrected chi connectivity index (χ3v) is 3.94. The number of aromatic nitrogens is 2. The van der Waals surface area contributed by atoms with Gasteiger partial charge in [0, 0.05) is 11.8 Å². The summed E-state index contributed by atoms with van der Waals surface area (Å²) in [5.74, 6) is 1.03.